The largest absolute Gasteiger partial charge is 0.379 e. The number of nitrogens with zero attached hydrogens (tertiary/aromatic N) is 1. The van der Waals surface area contributed by atoms with Gasteiger partial charge in [-0.05, 0) is 41.8 Å². The van der Waals surface area contributed by atoms with E-state index in [0.717, 1.165) is 13.0 Å². The molecule has 0 bridgehead atoms. The van der Waals surface area contributed by atoms with Crippen molar-refractivity contribution in [1.82, 2.24) is 15.5 Å². The topological polar surface area (TPSA) is 53.6 Å². The molecule has 30 heavy (non-hydrogen) atoms. The fraction of sp³-hybridized carbons (Fsp3) is 0.409. The Labute approximate surface area is 189 Å². The van der Waals surface area contributed by atoms with Crippen LogP contribution in [0.2, 0.25) is 0 Å². The van der Waals surface area contributed by atoms with Gasteiger partial charge in [-0.2, -0.15) is 0 Å². The summed E-state index contributed by atoms with van der Waals surface area (Å²) in [4.78, 5) is 15.2. The molecular weight excluding hydrogens is 428 g/mol. The van der Waals surface area contributed by atoms with E-state index < -0.39 is 6.04 Å². The first-order chi connectivity index (χ1) is 13.7. The molecule has 2 aliphatic rings. The fourth-order valence-corrected chi connectivity index (χ4v) is 4.11. The van der Waals surface area contributed by atoms with Gasteiger partial charge < -0.3 is 15.4 Å². The van der Waals surface area contributed by atoms with Crippen LogP contribution in [-0.4, -0.2) is 50.2 Å². The highest BCUT2D eigenvalue weighted by atomic mass is 35.5. The minimum atomic E-state index is -0.515. The number of rotatable bonds is 5. The second-order valence-electron chi connectivity index (χ2n) is 7.31. The monoisotopic (exact) mass is 455 g/mol. The van der Waals surface area contributed by atoms with E-state index in [1.165, 1.54) is 23.3 Å². The molecule has 0 radical (unpaired) electrons. The van der Waals surface area contributed by atoms with Gasteiger partial charge in [-0.15, -0.1) is 24.8 Å². The van der Waals surface area contributed by atoms with E-state index in [4.69, 9.17) is 4.74 Å². The van der Waals surface area contributed by atoms with Crippen molar-refractivity contribution in [3.63, 3.8) is 0 Å². The van der Waals surface area contributed by atoms with Gasteiger partial charge in [0.1, 0.15) is 11.9 Å². The molecule has 8 heteroatoms. The zero-order valence-electron chi connectivity index (χ0n) is 16.7. The third-order valence-corrected chi connectivity index (χ3v) is 5.52. The van der Waals surface area contributed by atoms with Crippen LogP contribution in [0.3, 0.4) is 0 Å². The average Bonchev–Trinajstić information content (AvgIpc) is 2.73. The van der Waals surface area contributed by atoms with E-state index >= 15 is 0 Å². The van der Waals surface area contributed by atoms with Crippen LogP contribution in [0.5, 0.6) is 0 Å². The molecular formula is C22H28Cl2FN3O2. The van der Waals surface area contributed by atoms with Crippen LogP contribution in [0.25, 0.3) is 0 Å². The standard InChI is InChI=1S/C22H26FN3O2.2ClH/c23-18-6-3-5-17(14-18)21(26-10-12-28-13-11-26)22(27)25-15-20-19-7-2-1-4-16(19)8-9-24-20;;/h1-7,14,20-21,24H,8-13,15H2,(H,25,27);2*1H. The Hall–Kier alpha value is -1.70. The van der Waals surface area contributed by atoms with Crippen molar-refractivity contribution in [3.05, 3.63) is 71.0 Å². The maximum Gasteiger partial charge on any atom is 0.242 e. The molecule has 4 rings (SSSR count). The number of benzene rings is 2. The number of nitrogens with one attached hydrogen (secondary N) is 2. The molecule has 2 aromatic rings. The molecule has 2 aromatic carbocycles. The first kappa shape index (κ1) is 24.6. The molecule has 0 spiro atoms. The highest BCUT2D eigenvalue weighted by Crippen LogP contribution is 2.25. The predicted octanol–water partition coefficient (Wildman–Crippen LogP) is 3.05. The Morgan fingerprint density at radius 1 is 1.17 bits per heavy atom. The summed E-state index contributed by atoms with van der Waals surface area (Å²) < 4.78 is 19.2. The first-order valence-corrected chi connectivity index (χ1v) is 9.88. The van der Waals surface area contributed by atoms with Gasteiger partial charge in [-0.1, -0.05) is 36.4 Å². The first-order valence-electron chi connectivity index (χ1n) is 9.88. The van der Waals surface area contributed by atoms with Crippen LogP contribution in [-0.2, 0) is 16.0 Å². The number of carbonyl (C=O) groups excluding carboxylic acids is 1. The molecule has 2 atom stereocenters. The number of hydrogen-bond acceptors (Lipinski definition) is 4. The predicted molar refractivity (Wildman–Crippen MR) is 120 cm³/mol. The van der Waals surface area contributed by atoms with Crippen molar-refractivity contribution in [1.29, 1.82) is 0 Å². The Bertz CT molecular complexity index is 834. The minimum Gasteiger partial charge on any atom is -0.379 e. The van der Waals surface area contributed by atoms with Crippen LogP contribution < -0.4 is 10.6 Å². The average molecular weight is 456 g/mol. The van der Waals surface area contributed by atoms with Crippen LogP contribution in [0.4, 0.5) is 4.39 Å². The van der Waals surface area contributed by atoms with Gasteiger partial charge in [-0.3, -0.25) is 9.69 Å². The molecule has 2 unspecified atom stereocenters. The van der Waals surface area contributed by atoms with Gasteiger partial charge in [0, 0.05) is 25.7 Å². The summed E-state index contributed by atoms with van der Waals surface area (Å²) in [7, 11) is 0. The van der Waals surface area contributed by atoms with Crippen LogP contribution in [0.15, 0.2) is 48.5 Å². The molecule has 2 aliphatic heterocycles. The molecule has 2 N–H and O–H groups in total. The molecule has 164 valence electrons. The summed E-state index contributed by atoms with van der Waals surface area (Å²) in [6, 6.07) is 14.3. The minimum absolute atomic E-state index is 0. The zero-order valence-corrected chi connectivity index (χ0v) is 18.3. The van der Waals surface area contributed by atoms with Crippen molar-refractivity contribution in [2.75, 3.05) is 39.4 Å². The zero-order chi connectivity index (χ0) is 19.3. The Morgan fingerprint density at radius 2 is 1.93 bits per heavy atom. The lowest BCUT2D eigenvalue weighted by Crippen LogP contribution is -2.47. The number of morpholine rings is 1. The van der Waals surface area contributed by atoms with Crippen LogP contribution >= 0.6 is 24.8 Å². The fourth-order valence-electron chi connectivity index (χ4n) is 4.11. The van der Waals surface area contributed by atoms with Crippen molar-refractivity contribution in [2.45, 2.75) is 18.5 Å². The summed E-state index contributed by atoms with van der Waals surface area (Å²) >= 11 is 0. The highest BCUT2D eigenvalue weighted by molar-refractivity contribution is 5.85. The van der Waals surface area contributed by atoms with Crippen LogP contribution in [0, 0.1) is 5.82 Å². The van der Waals surface area contributed by atoms with Gasteiger partial charge in [0.2, 0.25) is 5.91 Å². The van der Waals surface area contributed by atoms with Crippen LogP contribution in [0.1, 0.15) is 28.8 Å². The summed E-state index contributed by atoms with van der Waals surface area (Å²) in [5.41, 5.74) is 3.24. The number of amides is 1. The van der Waals surface area contributed by atoms with Crippen molar-refractivity contribution >= 4 is 30.7 Å². The molecule has 1 saturated heterocycles. The lowest BCUT2D eigenvalue weighted by Gasteiger charge is -2.34. The number of carbonyl (C=O) groups is 1. The molecule has 0 saturated carbocycles. The molecule has 1 fully saturated rings. The maximum absolute atomic E-state index is 13.8. The Kier molecular flexibility index (Phi) is 9.52. The summed E-state index contributed by atoms with van der Waals surface area (Å²) in [5, 5.41) is 6.59. The van der Waals surface area contributed by atoms with Crippen molar-refractivity contribution in [3.8, 4) is 0 Å². The Balaban J connectivity index is 0.00000160. The summed E-state index contributed by atoms with van der Waals surface area (Å²) in [5.74, 6) is -0.427. The highest BCUT2D eigenvalue weighted by Gasteiger charge is 2.30. The summed E-state index contributed by atoms with van der Waals surface area (Å²) in [6.45, 7) is 3.87. The number of fused-ring (bicyclic) bond motifs is 1. The van der Waals surface area contributed by atoms with E-state index in [-0.39, 0.29) is 42.6 Å². The third-order valence-electron chi connectivity index (χ3n) is 5.52. The summed E-state index contributed by atoms with van der Waals surface area (Å²) in [6.07, 6.45) is 1.00. The van der Waals surface area contributed by atoms with Gasteiger partial charge >= 0.3 is 0 Å². The second kappa shape index (κ2) is 11.6. The van der Waals surface area contributed by atoms with Gasteiger partial charge in [0.25, 0.3) is 0 Å². The van der Waals surface area contributed by atoms with E-state index in [0.29, 0.717) is 38.4 Å². The lowest BCUT2D eigenvalue weighted by atomic mass is 9.94. The molecule has 0 aliphatic carbocycles. The smallest absolute Gasteiger partial charge is 0.242 e. The van der Waals surface area contributed by atoms with E-state index in [1.807, 2.05) is 12.1 Å². The maximum atomic E-state index is 13.8. The van der Waals surface area contributed by atoms with Gasteiger partial charge in [0.15, 0.2) is 0 Å². The quantitative estimate of drug-likeness (QED) is 0.727. The van der Waals surface area contributed by atoms with E-state index in [1.54, 1.807) is 6.07 Å². The third kappa shape index (κ3) is 5.71. The lowest BCUT2D eigenvalue weighted by molar-refractivity contribution is -0.128. The normalized spacial score (nSPS) is 19.6. The molecule has 1 amide bonds. The van der Waals surface area contributed by atoms with Crippen molar-refractivity contribution in [2.24, 2.45) is 0 Å². The van der Waals surface area contributed by atoms with Gasteiger partial charge in [-0.25, -0.2) is 4.39 Å². The van der Waals surface area contributed by atoms with Crippen molar-refractivity contribution < 1.29 is 13.9 Å². The SMILES string of the molecule is Cl.Cl.O=C(NCC1NCCc2ccccc21)C(c1cccc(F)c1)N1CCOCC1. The second-order valence-corrected chi connectivity index (χ2v) is 7.31. The molecule has 2 heterocycles. The molecule has 5 nitrogen and oxygen atoms in total. The number of halogens is 3. The Morgan fingerprint density at radius 3 is 2.70 bits per heavy atom. The number of hydrogen-bond donors (Lipinski definition) is 2. The molecule has 0 aromatic heterocycles. The van der Waals surface area contributed by atoms with E-state index in [2.05, 4.69) is 33.7 Å². The van der Waals surface area contributed by atoms with E-state index in [9.17, 15) is 9.18 Å². The number of ether oxygens (including phenoxy) is 1. The van der Waals surface area contributed by atoms with Gasteiger partial charge in [0.05, 0.1) is 13.2 Å².